The largest absolute Gasteiger partial charge is 0.351 e. The highest BCUT2D eigenvalue weighted by molar-refractivity contribution is 7.89. The van der Waals surface area contributed by atoms with Gasteiger partial charge < -0.3 is 14.5 Å². The summed E-state index contributed by atoms with van der Waals surface area (Å²) in [6, 6.07) is 11.2. The minimum atomic E-state index is -4.00. The molecule has 4 rings (SSSR count). The lowest BCUT2D eigenvalue weighted by Crippen LogP contribution is -2.45. The van der Waals surface area contributed by atoms with Gasteiger partial charge in [0.2, 0.25) is 15.9 Å². The van der Waals surface area contributed by atoms with E-state index in [-0.39, 0.29) is 17.3 Å². The Labute approximate surface area is 191 Å². The summed E-state index contributed by atoms with van der Waals surface area (Å²) in [7, 11) is -1.10. The topological polar surface area (TPSA) is 110 Å². The molecule has 1 aliphatic heterocycles. The van der Waals surface area contributed by atoms with E-state index in [1.54, 1.807) is 0 Å². The van der Waals surface area contributed by atoms with E-state index in [0.29, 0.717) is 30.4 Å². The van der Waals surface area contributed by atoms with Crippen molar-refractivity contribution >= 4 is 27.0 Å². The second kappa shape index (κ2) is 8.60. The molecule has 3 aromatic rings. The Kier molecular flexibility index (Phi) is 5.98. The van der Waals surface area contributed by atoms with Gasteiger partial charge in [0.05, 0.1) is 15.9 Å². The van der Waals surface area contributed by atoms with Gasteiger partial charge in [-0.15, -0.1) is 0 Å². The first kappa shape index (κ1) is 22.9. The molecule has 1 fully saturated rings. The minimum absolute atomic E-state index is 0.0260. The van der Waals surface area contributed by atoms with E-state index in [9.17, 15) is 22.8 Å². The highest BCUT2D eigenvalue weighted by Crippen LogP contribution is 2.28. The number of benzene rings is 2. The average molecular weight is 471 g/mol. The van der Waals surface area contributed by atoms with E-state index in [2.05, 4.69) is 5.32 Å². The normalized spacial score (nSPS) is 16.9. The lowest BCUT2D eigenvalue weighted by molar-refractivity contribution is -0.124. The van der Waals surface area contributed by atoms with Gasteiger partial charge in [-0.05, 0) is 43.5 Å². The molecule has 1 amide bonds. The van der Waals surface area contributed by atoms with Crippen LogP contribution in [0.2, 0.25) is 0 Å². The van der Waals surface area contributed by atoms with Crippen molar-refractivity contribution in [3.63, 3.8) is 0 Å². The summed E-state index contributed by atoms with van der Waals surface area (Å²) in [5.41, 5.74) is 1.38. The van der Waals surface area contributed by atoms with E-state index >= 15 is 0 Å². The van der Waals surface area contributed by atoms with Crippen molar-refractivity contribution in [1.82, 2.24) is 18.8 Å². The van der Waals surface area contributed by atoms with Gasteiger partial charge in [0.1, 0.15) is 6.04 Å². The van der Waals surface area contributed by atoms with Crippen LogP contribution < -0.4 is 16.4 Å². The van der Waals surface area contributed by atoms with Gasteiger partial charge in [-0.25, -0.2) is 8.42 Å². The Hall–Kier alpha value is -3.24. The van der Waals surface area contributed by atoms with E-state index in [4.69, 9.17) is 0 Å². The van der Waals surface area contributed by atoms with Crippen LogP contribution in [0.5, 0.6) is 0 Å². The zero-order chi connectivity index (χ0) is 23.9. The summed E-state index contributed by atoms with van der Waals surface area (Å²) < 4.78 is 30.5. The number of rotatable bonds is 5. The molecular weight excluding hydrogens is 444 g/mol. The molecule has 1 saturated heterocycles. The first-order valence-electron chi connectivity index (χ1n) is 10.7. The summed E-state index contributed by atoms with van der Waals surface area (Å²) >= 11 is 0. The SMILES string of the molecule is Cc1ccc(CNC(=O)C2CCCN2S(=O)(=O)c2ccc3c(c2)n(C)c(=O)c(=O)n3C)cc1. The smallest absolute Gasteiger partial charge is 0.316 e. The van der Waals surface area contributed by atoms with Gasteiger partial charge in [0, 0.05) is 27.2 Å². The van der Waals surface area contributed by atoms with Crippen LogP contribution in [0.15, 0.2) is 56.9 Å². The van der Waals surface area contributed by atoms with Crippen LogP contribution in [0.3, 0.4) is 0 Å². The van der Waals surface area contributed by atoms with E-state index < -0.39 is 27.2 Å². The molecule has 1 aliphatic rings. The van der Waals surface area contributed by atoms with Crippen molar-refractivity contribution in [1.29, 1.82) is 0 Å². The molecule has 9 nitrogen and oxygen atoms in total. The number of amides is 1. The molecule has 33 heavy (non-hydrogen) atoms. The number of carbonyl (C=O) groups excluding carboxylic acids is 1. The second-order valence-electron chi connectivity index (χ2n) is 8.36. The highest BCUT2D eigenvalue weighted by atomic mass is 32.2. The Morgan fingerprint density at radius 3 is 2.30 bits per heavy atom. The van der Waals surface area contributed by atoms with Crippen LogP contribution in [0.1, 0.15) is 24.0 Å². The molecule has 10 heteroatoms. The predicted molar refractivity (Wildman–Crippen MR) is 124 cm³/mol. The first-order chi connectivity index (χ1) is 15.6. The van der Waals surface area contributed by atoms with E-state index in [1.165, 1.54) is 41.2 Å². The molecule has 2 aromatic carbocycles. The molecule has 0 saturated carbocycles. The number of sulfonamides is 1. The zero-order valence-corrected chi connectivity index (χ0v) is 19.6. The number of fused-ring (bicyclic) bond motifs is 1. The van der Waals surface area contributed by atoms with Crippen LogP contribution in [0.4, 0.5) is 0 Å². The number of aromatic nitrogens is 2. The van der Waals surface area contributed by atoms with Crippen molar-refractivity contribution in [3.05, 3.63) is 74.3 Å². The van der Waals surface area contributed by atoms with Gasteiger partial charge in [-0.2, -0.15) is 4.31 Å². The third-order valence-corrected chi connectivity index (χ3v) is 8.07. The molecule has 1 unspecified atom stereocenters. The maximum absolute atomic E-state index is 13.4. The maximum Gasteiger partial charge on any atom is 0.316 e. The molecule has 1 N–H and O–H groups in total. The molecule has 174 valence electrons. The van der Waals surface area contributed by atoms with Crippen LogP contribution >= 0.6 is 0 Å². The maximum atomic E-state index is 13.4. The number of nitrogens with one attached hydrogen (secondary N) is 1. The average Bonchev–Trinajstić information content (AvgIpc) is 3.31. The Bertz CT molecular complexity index is 1460. The third kappa shape index (κ3) is 4.11. The Morgan fingerprint density at radius 1 is 1.00 bits per heavy atom. The number of hydrogen-bond acceptors (Lipinski definition) is 5. The minimum Gasteiger partial charge on any atom is -0.351 e. The zero-order valence-electron chi connectivity index (χ0n) is 18.7. The summed E-state index contributed by atoms with van der Waals surface area (Å²) in [6.07, 6.45) is 1.00. The van der Waals surface area contributed by atoms with Crippen LogP contribution in [0, 0.1) is 6.92 Å². The number of hydrogen-bond donors (Lipinski definition) is 1. The molecule has 0 aliphatic carbocycles. The molecule has 0 bridgehead atoms. The molecule has 2 heterocycles. The third-order valence-electron chi connectivity index (χ3n) is 6.16. The summed E-state index contributed by atoms with van der Waals surface area (Å²) in [5.74, 6) is -0.341. The van der Waals surface area contributed by atoms with Gasteiger partial charge >= 0.3 is 11.1 Å². The quantitative estimate of drug-likeness (QED) is 0.560. The summed E-state index contributed by atoms with van der Waals surface area (Å²) in [4.78, 5) is 37.1. The number of aryl methyl sites for hydroxylation is 3. The van der Waals surface area contributed by atoms with Crippen molar-refractivity contribution in [3.8, 4) is 0 Å². The fourth-order valence-corrected chi connectivity index (χ4v) is 5.84. The fraction of sp³-hybridized carbons (Fsp3) is 0.348. The van der Waals surface area contributed by atoms with Crippen molar-refractivity contribution < 1.29 is 13.2 Å². The van der Waals surface area contributed by atoms with Gasteiger partial charge in [0.25, 0.3) is 0 Å². The monoisotopic (exact) mass is 470 g/mol. The summed E-state index contributed by atoms with van der Waals surface area (Å²) in [5, 5.41) is 2.85. The molecule has 0 spiro atoms. The molecule has 1 aromatic heterocycles. The molecule has 1 atom stereocenters. The van der Waals surface area contributed by atoms with E-state index in [0.717, 1.165) is 15.7 Å². The highest BCUT2D eigenvalue weighted by Gasteiger charge is 2.39. The first-order valence-corrected chi connectivity index (χ1v) is 12.1. The van der Waals surface area contributed by atoms with Gasteiger partial charge in [-0.3, -0.25) is 14.4 Å². The second-order valence-corrected chi connectivity index (χ2v) is 10.2. The van der Waals surface area contributed by atoms with Gasteiger partial charge in [0.15, 0.2) is 0 Å². The van der Waals surface area contributed by atoms with Crippen LogP contribution in [0.25, 0.3) is 11.0 Å². The van der Waals surface area contributed by atoms with Gasteiger partial charge in [-0.1, -0.05) is 29.8 Å². The van der Waals surface area contributed by atoms with Crippen LogP contribution in [-0.4, -0.2) is 40.4 Å². The standard InChI is InChI=1S/C23H26N4O5S/c1-15-6-8-16(9-7-15)14-24-21(28)19-5-4-12-27(19)33(31,32)17-10-11-18-20(13-17)26(3)23(30)22(29)25(18)2/h6-11,13,19H,4-5,12,14H2,1-3H3,(H,24,28). The van der Waals surface area contributed by atoms with Crippen LogP contribution in [-0.2, 0) is 35.5 Å². The lowest BCUT2D eigenvalue weighted by atomic mass is 10.1. The lowest BCUT2D eigenvalue weighted by Gasteiger charge is -2.24. The molecular formula is C23H26N4O5S. The Morgan fingerprint density at radius 2 is 1.64 bits per heavy atom. The number of nitrogens with zero attached hydrogens (tertiary/aromatic N) is 3. The summed E-state index contributed by atoms with van der Waals surface area (Å²) in [6.45, 7) is 2.53. The fourth-order valence-electron chi connectivity index (χ4n) is 4.16. The Balaban J connectivity index is 1.62. The van der Waals surface area contributed by atoms with Crippen molar-refractivity contribution in [2.45, 2.75) is 37.2 Å². The predicted octanol–water partition coefficient (Wildman–Crippen LogP) is 1.02. The van der Waals surface area contributed by atoms with Crippen molar-refractivity contribution in [2.24, 2.45) is 14.1 Å². The molecule has 0 radical (unpaired) electrons. The van der Waals surface area contributed by atoms with Crippen molar-refractivity contribution in [2.75, 3.05) is 6.54 Å². The van der Waals surface area contributed by atoms with E-state index in [1.807, 2.05) is 31.2 Å². The number of carbonyl (C=O) groups is 1.